The zero-order valence-electron chi connectivity index (χ0n) is 10.7. The van der Waals surface area contributed by atoms with Crippen LogP contribution in [0, 0.1) is 11.8 Å². The summed E-state index contributed by atoms with van der Waals surface area (Å²) in [6.45, 7) is 3.55. The van der Waals surface area contributed by atoms with Crippen LogP contribution in [0.3, 0.4) is 0 Å². The van der Waals surface area contributed by atoms with E-state index < -0.39 is 0 Å². The number of fused-ring (bicyclic) bond motifs is 1. The Morgan fingerprint density at radius 2 is 2.16 bits per heavy atom. The average molecular weight is 272 g/mol. The highest BCUT2D eigenvalue weighted by Crippen LogP contribution is 2.26. The predicted octanol–water partition coefficient (Wildman–Crippen LogP) is 2.11. The van der Waals surface area contributed by atoms with Gasteiger partial charge in [0.05, 0.1) is 15.1 Å². The first-order valence-electron chi connectivity index (χ1n) is 6.54. The maximum Gasteiger partial charge on any atom is 0.144 e. The number of anilines is 1. The first-order valence-corrected chi connectivity index (χ1v) is 7.36. The number of hydrogen-bond acceptors (Lipinski definition) is 5. The standard InChI is InChI=1S/C14H16N4S/c15-14-13-12(16-10-17-14)9-11(19-13)5-1-2-6-18-7-3-4-8-18/h9-10H,2-4,6-8H2,(H2,15,16,17). The van der Waals surface area contributed by atoms with E-state index >= 15 is 0 Å². The smallest absolute Gasteiger partial charge is 0.144 e. The molecule has 1 aliphatic rings. The van der Waals surface area contributed by atoms with Crippen molar-refractivity contribution >= 4 is 27.4 Å². The van der Waals surface area contributed by atoms with Gasteiger partial charge >= 0.3 is 0 Å². The SMILES string of the molecule is Nc1ncnc2cc(C#CCCN3CCCC3)sc12. The second-order valence-corrected chi connectivity index (χ2v) is 5.74. The number of nitrogens with zero attached hydrogens (tertiary/aromatic N) is 3. The molecule has 0 aliphatic carbocycles. The van der Waals surface area contributed by atoms with Gasteiger partial charge in [-0.25, -0.2) is 9.97 Å². The largest absolute Gasteiger partial charge is 0.382 e. The molecule has 0 unspecified atom stereocenters. The molecular formula is C14H16N4S. The van der Waals surface area contributed by atoms with Crippen molar-refractivity contribution in [3.05, 3.63) is 17.3 Å². The van der Waals surface area contributed by atoms with Gasteiger partial charge in [0.2, 0.25) is 0 Å². The summed E-state index contributed by atoms with van der Waals surface area (Å²) < 4.78 is 0.936. The Hall–Kier alpha value is -1.64. The van der Waals surface area contributed by atoms with Gasteiger partial charge < -0.3 is 10.6 Å². The third-order valence-corrected chi connectivity index (χ3v) is 4.36. The molecule has 0 bridgehead atoms. The first-order chi connectivity index (χ1) is 9.33. The number of aromatic nitrogens is 2. The maximum absolute atomic E-state index is 5.81. The Morgan fingerprint density at radius 3 is 2.95 bits per heavy atom. The normalized spacial score (nSPS) is 15.6. The minimum absolute atomic E-state index is 0.542. The molecule has 0 amide bonds. The lowest BCUT2D eigenvalue weighted by atomic mass is 10.3. The van der Waals surface area contributed by atoms with Crippen LogP contribution in [-0.4, -0.2) is 34.5 Å². The van der Waals surface area contributed by atoms with E-state index in [-0.39, 0.29) is 0 Å². The van der Waals surface area contributed by atoms with Crippen molar-refractivity contribution in [1.29, 1.82) is 0 Å². The third kappa shape index (κ3) is 2.86. The van der Waals surface area contributed by atoms with Gasteiger partial charge in [0.15, 0.2) is 0 Å². The third-order valence-electron chi connectivity index (χ3n) is 3.30. The number of thiophene rings is 1. The number of rotatable bonds is 2. The van der Waals surface area contributed by atoms with E-state index in [1.165, 1.54) is 32.3 Å². The van der Waals surface area contributed by atoms with Crippen molar-refractivity contribution in [3.8, 4) is 11.8 Å². The second-order valence-electron chi connectivity index (χ2n) is 4.68. The van der Waals surface area contributed by atoms with Crippen LogP contribution in [0.15, 0.2) is 12.4 Å². The van der Waals surface area contributed by atoms with E-state index in [1.807, 2.05) is 6.07 Å². The topological polar surface area (TPSA) is 55.0 Å². The van der Waals surface area contributed by atoms with Crippen LogP contribution >= 0.6 is 11.3 Å². The lowest BCUT2D eigenvalue weighted by molar-refractivity contribution is 0.348. The number of nitrogen functional groups attached to an aromatic ring is 1. The molecule has 0 spiro atoms. The molecule has 3 heterocycles. The van der Waals surface area contributed by atoms with E-state index in [2.05, 4.69) is 26.7 Å². The molecule has 19 heavy (non-hydrogen) atoms. The molecule has 1 aliphatic heterocycles. The molecule has 2 N–H and O–H groups in total. The van der Waals surface area contributed by atoms with Crippen molar-refractivity contribution < 1.29 is 0 Å². The first kappa shape index (κ1) is 12.4. The Balaban J connectivity index is 1.66. The molecule has 3 rings (SSSR count). The van der Waals surface area contributed by atoms with E-state index in [0.717, 1.165) is 28.1 Å². The average Bonchev–Trinajstić information content (AvgIpc) is 3.04. The van der Waals surface area contributed by atoms with Crippen LogP contribution in [0.5, 0.6) is 0 Å². The van der Waals surface area contributed by atoms with Crippen LogP contribution < -0.4 is 5.73 Å². The Labute approximate surface area is 116 Å². The summed E-state index contributed by atoms with van der Waals surface area (Å²) in [6, 6.07) is 1.99. The van der Waals surface area contributed by atoms with Crippen molar-refractivity contribution in [3.63, 3.8) is 0 Å². The highest BCUT2D eigenvalue weighted by Gasteiger charge is 2.09. The lowest BCUT2D eigenvalue weighted by Crippen LogP contribution is -2.19. The van der Waals surface area contributed by atoms with Crippen LogP contribution in [0.25, 0.3) is 10.2 Å². The molecule has 2 aromatic rings. The minimum atomic E-state index is 0.542. The van der Waals surface area contributed by atoms with E-state index in [4.69, 9.17) is 5.73 Å². The number of likely N-dealkylation sites (tertiary alicyclic amines) is 1. The van der Waals surface area contributed by atoms with Gasteiger partial charge in [0.1, 0.15) is 12.1 Å². The maximum atomic E-state index is 5.81. The molecular weight excluding hydrogens is 256 g/mol. The van der Waals surface area contributed by atoms with Crippen LogP contribution in [-0.2, 0) is 0 Å². The lowest BCUT2D eigenvalue weighted by Gasteiger charge is -2.10. The van der Waals surface area contributed by atoms with E-state index in [0.29, 0.717) is 5.82 Å². The van der Waals surface area contributed by atoms with Crippen LogP contribution in [0.1, 0.15) is 24.1 Å². The number of hydrogen-bond donors (Lipinski definition) is 1. The summed E-state index contributed by atoms with van der Waals surface area (Å²) in [5.74, 6) is 6.98. The second kappa shape index (κ2) is 5.55. The quantitative estimate of drug-likeness (QED) is 0.851. The Kier molecular flexibility index (Phi) is 3.62. The highest BCUT2D eigenvalue weighted by atomic mass is 32.1. The van der Waals surface area contributed by atoms with Crippen molar-refractivity contribution in [2.75, 3.05) is 25.4 Å². The van der Waals surface area contributed by atoms with Gasteiger partial charge in [-0.1, -0.05) is 11.8 Å². The van der Waals surface area contributed by atoms with Gasteiger partial charge in [-0.2, -0.15) is 0 Å². The van der Waals surface area contributed by atoms with E-state index in [9.17, 15) is 0 Å². The fourth-order valence-electron chi connectivity index (χ4n) is 2.30. The van der Waals surface area contributed by atoms with Crippen molar-refractivity contribution in [2.24, 2.45) is 0 Å². The van der Waals surface area contributed by atoms with Crippen LogP contribution in [0.4, 0.5) is 5.82 Å². The minimum Gasteiger partial charge on any atom is -0.382 e. The summed E-state index contributed by atoms with van der Waals surface area (Å²) in [5, 5.41) is 0. The Morgan fingerprint density at radius 1 is 1.32 bits per heavy atom. The molecule has 0 saturated carbocycles. The van der Waals surface area contributed by atoms with Crippen LogP contribution in [0.2, 0.25) is 0 Å². The summed E-state index contributed by atoms with van der Waals surface area (Å²) in [5.41, 5.74) is 6.70. The molecule has 0 aromatic carbocycles. The Bertz CT molecular complexity index is 632. The van der Waals surface area contributed by atoms with Gasteiger partial charge in [-0.15, -0.1) is 11.3 Å². The molecule has 2 aromatic heterocycles. The zero-order valence-corrected chi connectivity index (χ0v) is 11.5. The summed E-state index contributed by atoms with van der Waals surface area (Å²) in [6.07, 6.45) is 5.09. The molecule has 98 valence electrons. The zero-order chi connectivity index (χ0) is 13.1. The molecule has 5 heteroatoms. The predicted molar refractivity (Wildman–Crippen MR) is 79.0 cm³/mol. The fourth-order valence-corrected chi connectivity index (χ4v) is 3.19. The monoisotopic (exact) mass is 272 g/mol. The molecule has 0 atom stereocenters. The fraction of sp³-hybridized carbons (Fsp3) is 0.429. The van der Waals surface area contributed by atoms with Gasteiger partial charge in [-0.3, -0.25) is 0 Å². The number of nitrogens with two attached hydrogens (primary N) is 1. The van der Waals surface area contributed by atoms with Gasteiger partial charge in [0.25, 0.3) is 0 Å². The van der Waals surface area contributed by atoms with Crippen molar-refractivity contribution in [1.82, 2.24) is 14.9 Å². The molecule has 4 nitrogen and oxygen atoms in total. The molecule has 1 saturated heterocycles. The van der Waals surface area contributed by atoms with Gasteiger partial charge in [-0.05, 0) is 32.0 Å². The highest BCUT2D eigenvalue weighted by molar-refractivity contribution is 7.20. The van der Waals surface area contributed by atoms with E-state index in [1.54, 1.807) is 11.3 Å². The molecule has 1 fully saturated rings. The summed E-state index contributed by atoms with van der Waals surface area (Å²) in [4.78, 5) is 11.7. The van der Waals surface area contributed by atoms with Crippen molar-refractivity contribution in [2.45, 2.75) is 19.3 Å². The molecule has 0 radical (unpaired) electrons. The van der Waals surface area contributed by atoms with Gasteiger partial charge in [0, 0.05) is 13.0 Å². The summed E-state index contributed by atoms with van der Waals surface area (Å²) >= 11 is 1.57. The summed E-state index contributed by atoms with van der Waals surface area (Å²) in [7, 11) is 0.